The molecule has 1 aliphatic heterocycles. The maximum Gasteiger partial charge on any atom is 0.258 e. The van der Waals surface area contributed by atoms with Crippen molar-refractivity contribution in [3.63, 3.8) is 0 Å². The molecule has 0 unspecified atom stereocenters. The second kappa shape index (κ2) is 7.77. The van der Waals surface area contributed by atoms with Crippen molar-refractivity contribution >= 4 is 21.8 Å². The lowest BCUT2D eigenvalue weighted by Crippen LogP contribution is -2.41. The highest BCUT2D eigenvalue weighted by Gasteiger charge is 2.17. The van der Waals surface area contributed by atoms with E-state index in [2.05, 4.69) is 21.2 Å². The van der Waals surface area contributed by atoms with Crippen LogP contribution >= 0.6 is 15.9 Å². The fourth-order valence-corrected chi connectivity index (χ4v) is 3.03. The van der Waals surface area contributed by atoms with Crippen LogP contribution in [0.15, 0.2) is 16.6 Å². The number of nitrogens with one attached hydrogen (secondary N) is 1. The van der Waals surface area contributed by atoms with E-state index in [9.17, 15) is 4.79 Å². The number of ether oxygens (including phenoxy) is 2. The number of hydrogen-bond acceptors (Lipinski definition) is 4. The molecule has 1 aromatic carbocycles. The van der Waals surface area contributed by atoms with Crippen LogP contribution in [-0.2, 0) is 16.1 Å². The van der Waals surface area contributed by atoms with Gasteiger partial charge in [0.15, 0.2) is 6.61 Å². The predicted octanol–water partition coefficient (Wildman–Crippen LogP) is 1.89. The normalized spacial score (nSPS) is 15.8. The van der Waals surface area contributed by atoms with Crippen LogP contribution in [0, 0.1) is 6.92 Å². The Kier molecular flexibility index (Phi) is 6.02. The zero-order valence-corrected chi connectivity index (χ0v) is 13.7. The van der Waals surface area contributed by atoms with Gasteiger partial charge in [0.2, 0.25) is 0 Å². The first-order valence-corrected chi connectivity index (χ1v) is 7.88. The van der Waals surface area contributed by atoms with E-state index < -0.39 is 0 Å². The van der Waals surface area contributed by atoms with Gasteiger partial charge in [-0.3, -0.25) is 4.79 Å². The van der Waals surface area contributed by atoms with Gasteiger partial charge >= 0.3 is 0 Å². The Bertz CT molecular complexity index is 502. The van der Waals surface area contributed by atoms with Crippen LogP contribution in [0.5, 0.6) is 5.75 Å². The molecule has 0 bridgehead atoms. The molecule has 2 rings (SSSR count). The molecule has 1 amide bonds. The first kappa shape index (κ1) is 16.3. The average molecular weight is 357 g/mol. The first-order valence-electron chi connectivity index (χ1n) is 7.09. The topological polar surface area (TPSA) is 73.6 Å². The number of halogens is 1. The predicted molar refractivity (Wildman–Crippen MR) is 84.2 cm³/mol. The fraction of sp³-hybridized carbons (Fsp3) is 0.533. The van der Waals surface area contributed by atoms with Crippen molar-refractivity contribution in [3.05, 3.63) is 27.7 Å². The van der Waals surface area contributed by atoms with Gasteiger partial charge in [0.25, 0.3) is 5.91 Å². The highest BCUT2D eigenvalue weighted by Crippen LogP contribution is 2.27. The number of amides is 1. The number of rotatable bonds is 5. The summed E-state index contributed by atoms with van der Waals surface area (Å²) < 4.78 is 11.9. The van der Waals surface area contributed by atoms with Crippen molar-refractivity contribution in [3.8, 4) is 5.75 Å². The molecule has 1 aromatic rings. The molecule has 0 spiro atoms. The quantitative estimate of drug-likeness (QED) is 0.844. The van der Waals surface area contributed by atoms with Crippen LogP contribution in [0.3, 0.4) is 0 Å². The monoisotopic (exact) mass is 356 g/mol. The number of carbonyl (C=O) groups is 1. The standard InChI is InChI=1S/C15H21BrN2O3/c1-10-6-12(16)7-11(8-17)15(10)21-9-14(19)18-13-2-4-20-5-3-13/h6-7,13H,2-5,8-9,17H2,1H3,(H,18,19). The number of benzene rings is 1. The minimum atomic E-state index is -0.104. The van der Waals surface area contributed by atoms with Gasteiger partial charge in [-0.05, 0) is 37.5 Å². The molecular formula is C15H21BrN2O3. The number of nitrogens with two attached hydrogens (primary N) is 1. The van der Waals surface area contributed by atoms with Gasteiger partial charge in [-0.2, -0.15) is 0 Å². The summed E-state index contributed by atoms with van der Waals surface area (Å²) in [5, 5.41) is 2.97. The van der Waals surface area contributed by atoms with E-state index in [1.807, 2.05) is 19.1 Å². The van der Waals surface area contributed by atoms with Crippen molar-refractivity contribution in [1.29, 1.82) is 0 Å². The number of carbonyl (C=O) groups excluding carboxylic acids is 1. The minimum Gasteiger partial charge on any atom is -0.483 e. The Morgan fingerprint density at radius 2 is 2.19 bits per heavy atom. The number of aryl methyl sites for hydroxylation is 1. The summed E-state index contributed by atoms with van der Waals surface area (Å²) in [6.07, 6.45) is 1.72. The second-order valence-corrected chi connectivity index (χ2v) is 6.07. The summed E-state index contributed by atoms with van der Waals surface area (Å²) in [6.45, 7) is 3.73. The van der Waals surface area contributed by atoms with E-state index in [0.717, 1.165) is 28.4 Å². The molecule has 0 aromatic heterocycles. The molecule has 1 aliphatic rings. The molecule has 21 heavy (non-hydrogen) atoms. The van der Waals surface area contributed by atoms with Gasteiger partial charge < -0.3 is 20.5 Å². The molecule has 0 radical (unpaired) electrons. The first-order chi connectivity index (χ1) is 10.1. The molecule has 0 aliphatic carbocycles. The Labute approximate surface area is 133 Å². The third-order valence-electron chi connectivity index (χ3n) is 3.47. The third kappa shape index (κ3) is 4.69. The second-order valence-electron chi connectivity index (χ2n) is 5.16. The number of hydrogen-bond donors (Lipinski definition) is 2. The molecule has 1 heterocycles. The van der Waals surface area contributed by atoms with E-state index in [4.69, 9.17) is 15.2 Å². The molecule has 0 saturated carbocycles. The van der Waals surface area contributed by atoms with Gasteiger partial charge in [0, 0.05) is 35.8 Å². The van der Waals surface area contributed by atoms with Gasteiger partial charge in [0.1, 0.15) is 5.75 Å². The molecular weight excluding hydrogens is 336 g/mol. The summed E-state index contributed by atoms with van der Waals surface area (Å²) in [6, 6.07) is 4.05. The Hall–Kier alpha value is -1.11. The van der Waals surface area contributed by atoms with E-state index in [-0.39, 0.29) is 18.6 Å². The highest BCUT2D eigenvalue weighted by atomic mass is 79.9. The molecule has 0 atom stereocenters. The smallest absolute Gasteiger partial charge is 0.258 e. The summed E-state index contributed by atoms with van der Waals surface area (Å²) in [5.74, 6) is 0.593. The van der Waals surface area contributed by atoms with Crippen molar-refractivity contribution in [2.75, 3.05) is 19.8 Å². The maximum atomic E-state index is 11.9. The van der Waals surface area contributed by atoms with Crippen molar-refractivity contribution in [1.82, 2.24) is 5.32 Å². The molecule has 1 saturated heterocycles. The van der Waals surface area contributed by atoms with Gasteiger partial charge in [-0.25, -0.2) is 0 Å². The highest BCUT2D eigenvalue weighted by molar-refractivity contribution is 9.10. The van der Waals surface area contributed by atoms with Crippen LogP contribution in [0.25, 0.3) is 0 Å². The Morgan fingerprint density at radius 3 is 2.86 bits per heavy atom. The fourth-order valence-electron chi connectivity index (χ4n) is 2.41. The van der Waals surface area contributed by atoms with E-state index in [1.54, 1.807) is 0 Å². The van der Waals surface area contributed by atoms with Crippen LogP contribution in [-0.4, -0.2) is 31.8 Å². The van der Waals surface area contributed by atoms with Crippen LogP contribution in [0.2, 0.25) is 0 Å². The maximum absolute atomic E-state index is 11.9. The van der Waals surface area contributed by atoms with Crippen molar-refractivity contribution < 1.29 is 14.3 Å². The lowest BCUT2D eigenvalue weighted by molar-refractivity contribution is -0.124. The Balaban J connectivity index is 1.91. The van der Waals surface area contributed by atoms with Crippen LogP contribution < -0.4 is 15.8 Å². The summed E-state index contributed by atoms with van der Waals surface area (Å²) in [5.41, 5.74) is 7.58. The lowest BCUT2D eigenvalue weighted by atomic mass is 10.1. The van der Waals surface area contributed by atoms with E-state index in [1.165, 1.54) is 0 Å². The van der Waals surface area contributed by atoms with E-state index >= 15 is 0 Å². The molecule has 3 N–H and O–H groups in total. The summed E-state index contributed by atoms with van der Waals surface area (Å²) in [7, 11) is 0. The van der Waals surface area contributed by atoms with E-state index in [0.29, 0.717) is 25.5 Å². The molecule has 6 heteroatoms. The van der Waals surface area contributed by atoms with Gasteiger partial charge in [-0.15, -0.1) is 0 Å². The SMILES string of the molecule is Cc1cc(Br)cc(CN)c1OCC(=O)NC1CCOCC1. The average Bonchev–Trinajstić information content (AvgIpc) is 2.46. The lowest BCUT2D eigenvalue weighted by Gasteiger charge is -2.23. The van der Waals surface area contributed by atoms with Crippen LogP contribution in [0.4, 0.5) is 0 Å². The summed E-state index contributed by atoms with van der Waals surface area (Å²) in [4.78, 5) is 11.9. The molecule has 1 fully saturated rings. The largest absolute Gasteiger partial charge is 0.483 e. The van der Waals surface area contributed by atoms with Gasteiger partial charge in [0.05, 0.1) is 0 Å². The zero-order valence-electron chi connectivity index (χ0n) is 12.2. The van der Waals surface area contributed by atoms with Crippen molar-refractivity contribution in [2.24, 2.45) is 5.73 Å². The zero-order chi connectivity index (χ0) is 15.2. The van der Waals surface area contributed by atoms with Gasteiger partial charge in [-0.1, -0.05) is 15.9 Å². The minimum absolute atomic E-state index is 0.00678. The Morgan fingerprint density at radius 1 is 1.48 bits per heavy atom. The molecule has 5 nitrogen and oxygen atoms in total. The van der Waals surface area contributed by atoms with Crippen molar-refractivity contribution in [2.45, 2.75) is 32.4 Å². The summed E-state index contributed by atoms with van der Waals surface area (Å²) >= 11 is 3.43. The third-order valence-corrected chi connectivity index (χ3v) is 3.93. The molecule has 116 valence electrons. The van der Waals surface area contributed by atoms with Crippen LogP contribution in [0.1, 0.15) is 24.0 Å².